The average Bonchev–Trinajstić information content (AvgIpc) is 3.92. The van der Waals surface area contributed by atoms with Gasteiger partial charge in [0.2, 0.25) is 11.5 Å². The fraction of sp³-hybridized carbons (Fsp3) is 0.0556. The molecule has 0 atom stereocenters. The van der Waals surface area contributed by atoms with E-state index < -0.39 is 11.8 Å². The Hall–Kier alpha value is -6.82. The molecule has 12 nitrogen and oxygen atoms in total. The lowest BCUT2D eigenvalue weighted by atomic mass is 10.1. The fourth-order valence-corrected chi connectivity index (χ4v) is 5.23. The molecule has 8 aromatic rings. The molecule has 0 saturated heterocycles. The Bertz CT molecular complexity index is 2320. The van der Waals surface area contributed by atoms with Gasteiger partial charge in [-0.3, -0.25) is 19.0 Å². The smallest absolute Gasteiger partial charge is 0.287 e. The zero-order valence-corrected chi connectivity index (χ0v) is 25.4. The van der Waals surface area contributed by atoms with Crippen LogP contribution in [0.3, 0.4) is 0 Å². The van der Waals surface area contributed by atoms with Gasteiger partial charge in [-0.2, -0.15) is 10.2 Å². The number of fused-ring (bicyclic) bond motifs is 2. The maximum atomic E-state index is 11.1. The summed E-state index contributed by atoms with van der Waals surface area (Å²) < 4.78 is 13.7. The van der Waals surface area contributed by atoms with Gasteiger partial charge in [0.15, 0.2) is 0 Å². The number of primary amides is 2. The summed E-state index contributed by atoms with van der Waals surface area (Å²) in [6.07, 6.45) is 3.89. The van der Waals surface area contributed by atoms with Crippen LogP contribution in [0.1, 0.15) is 32.2 Å². The van der Waals surface area contributed by atoms with Gasteiger partial charge < -0.3 is 20.5 Å². The topological polar surface area (TPSA) is 174 Å². The molecule has 4 aromatic heterocycles. The predicted molar refractivity (Wildman–Crippen MR) is 179 cm³/mol. The first-order valence-electron chi connectivity index (χ1n) is 14.9. The van der Waals surface area contributed by atoms with Crippen molar-refractivity contribution in [1.82, 2.24) is 29.9 Å². The molecule has 0 aliphatic rings. The van der Waals surface area contributed by atoms with E-state index >= 15 is 0 Å². The van der Waals surface area contributed by atoms with Crippen molar-refractivity contribution in [3.63, 3.8) is 0 Å². The van der Waals surface area contributed by atoms with Gasteiger partial charge in [-0.15, -0.1) is 0 Å². The second-order valence-electron chi connectivity index (χ2n) is 11.0. The Morgan fingerprint density at radius 3 is 1.75 bits per heavy atom. The van der Waals surface area contributed by atoms with Crippen LogP contribution in [0.2, 0.25) is 0 Å². The van der Waals surface area contributed by atoms with E-state index in [9.17, 15) is 9.59 Å². The molecule has 0 aliphatic heterocycles. The van der Waals surface area contributed by atoms with Crippen LogP contribution >= 0.6 is 0 Å². The van der Waals surface area contributed by atoms with Crippen LogP contribution in [0.25, 0.3) is 44.3 Å². The number of amides is 2. The molecule has 0 fully saturated rings. The highest BCUT2D eigenvalue weighted by Gasteiger charge is 2.12. The number of hydrogen-bond donors (Lipinski definition) is 2. The Kier molecular flexibility index (Phi) is 8.02. The molecule has 4 heterocycles. The van der Waals surface area contributed by atoms with E-state index in [1.807, 2.05) is 113 Å². The van der Waals surface area contributed by atoms with Crippen LogP contribution in [0, 0.1) is 0 Å². The highest BCUT2D eigenvalue weighted by Crippen LogP contribution is 2.22. The fourth-order valence-electron chi connectivity index (χ4n) is 5.23. The first-order valence-corrected chi connectivity index (χ1v) is 14.9. The molecule has 0 saturated carbocycles. The summed E-state index contributed by atoms with van der Waals surface area (Å²) in [6, 6.07) is 34.9. The molecule has 12 heteroatoms. The molecule has 0 unspecified atom stereocenters. The van der Waals surface area contributed by atoms with Crippen molar-refractivity contribution in [3.05, 3.63) is 144 Å². The number of benzene rings is 4. The number of nitrogens with zero attached hydrogens (tertiary/aromatic N) is 6. The molecule has 48 heavy (non-hydrogen) atoms. The Labute approximate surface area is 273 Å². The van der Waals surface area contributed by atoms with Crippen LogP contribution < -0.4 is 11.5 Å². The zero-order valence-electron chi connectivity index (χ0n) is 25.4. The first-order chi connectivity index (χ1) is 23.4. The third-order valence-electron chi connectivity index (χ3n) is 7.69. The van der Waals surface area contributed by atoms with Gasteiger partial charge in [0.1, 0.15) is 11.4 Å². The normalized spacial score (nSPS) is 11.0. The van der Waals surface area contributed by atoms with Crippen LogP contribution in [0.4, 0.5) is 0 Å². The number of rotatable bonds is 8. The summed E-state index contributed by atoms with van der Waals surface area (Å²) in [6.45, 7) is 1.36. The van der Waals surface area contributed by atoms with Crippen LogP contribution in [0.15, 0.2) is 131 Å². The SMILES string of the molecule is NC(=O)c1cc(-c2ccc(Cn3cc4ccccc4n3)cc2)no1.NC(=O)c1cc(-c2ccc(Cn3ncc4ccccc43)cc2)no1. The minimum absolute atomic E-state index is 0.0529. The predicted octanol–water partition coefficient (Wildman–Crippen LogP) is 5.68. The number of carbonyl (C=O) groups is 2. The number of aromatic nitrogens is 6. The molecule has 0 bridgehead atoms. The monoisotopic (exact) mass is 636 g/mol. The molecule has 2 amide bonds. The van der Waals surface area contributed by atoms with Crippen LogP contribution in [-0.4, -0.2) is 41.7 Å². The minimum Gasteiger partial charge on any atom is -0.363 e. The Morgan fingerprint density at radius 2 is 1.19 bits per heavy atom. The summed E-state index contributed by atoms with van der Waals surface area (Å²) in [5.41, 5.74) is 17.5. The highest BCUT2D eigenvalue weighted by molar-refractivity contribution is 5.91. The van der Waals surface area contributed by atoms with Crippen molar-refractivity contribution in [3.8, 4) is 22.5 Å². The van der Waals surface area contributed by atoms with Gasteiger partial charge in [-0.1, -0.05) is 95.2 Å². The molecule has 0 aliphatic carbocycles. The molecule has 4 N–H and O–H groups in total. The number of para-hydroxylation sites is 1. The average molecular weight is 637 g/mol. The summed E-state index contributed by atoms with van der Waals surface area (Å²) >= 11 is 0. The molecule has 0 radical (unpaired) electrons. The number of hydrogen-bond acceptors (Lipinski definition) is 8. The molecular formula is C36H28N8O4. The molecule has 8 rings (SSSR count). The van der Waals surface area contributed by atoms with Crippen molar-refractivity contribution in [2.45, 2.75) is 13.1 Å². The third kappa shape index (κ3) is 6.44. The van der Waals surface area contributed by atoms with Crippen LogP contribution in [-0.2, 0) is 13.1 Å². The van der Waals surface area contributed by atoms with E-state index in [0.717, 1.165) is 44.1 Å². The lowest BCUT2D eigenvalue weighted by Crippen LogP contribution is -2.09. The van der Waals surface area contributed by atoms with E-state index in [4.69, 9.17) is 20.5 Å². The van der Waals surface area contributed by atoms with Gasteiger partial charge in [-0.05, 0) is 23.3 Å². The van der Waals surface area contributed by atoms with Crippen molar-refractivity contribution >= 4 is 33.6 Å². The Morgan fingerprint density at radius 1 is 0.646 bits per heavy atom. The minimum atomic E-state index is -0.629. The van der Waals surface area contributed by atoms with Crippen LogP contribution in [0.5, 0.6) is 0 Å². The molecule has 4 aromatic carbocycles. The summed E-state index contributed by atoms with van der Waals surface area (Å²) in [4.78, 5) is 22.1. The maximum Gasteiger partial charge on any atom is 0.287 e. The van der Waals surface area contributed by atoms with Crippen molar-refractivity contribution in [1.29, 1.82) is 0 Å². The third-order valence-corrected chi connectivity index (χ3v) is 7.69. The van der Waals surface area contributed by atoms with Gasteiger partial charge in [-0.25, -0.2) is 0 Å². The summed E-state index contributed by atoms with van der Waals surface area (Å²) in [5, 5.41) is 18.9. The van der Waals surface area contributed by atoms with E-state index in [0.29, 0.717) is 24.5 Å². The van der Waals surface area contributed by atoms with E-state index in [2.05, 4.69) is 26.6 Å². The quantitative estimate of drug-likeness (QED) is 0.214. The van der Waals surface area contributed by atoms with Gasteiger partial charge in [0, 0.05) is 40.2 Å². The second-order valence-corrected chi connectivity index (χ2v) is 11.0. The zero-order chi connectivity index (χ0) is 33.0. The van der Waals surface area contributed by atoms with Gasteiger partial charge in [0.25, 0.3) is 11.8 Å². The second kappa shape index (κ2) is 12.9. The molecule has 236 valence electrons. The lowest BCUT2D eigenvalue weighted by Gasteiger charge is -2.05. The van der Waals surface area contributed by atoms with Gasteiger partial charge >= 0.3 is 0 Å². The Balaban J connectivity index is 0.000000152. The first kappa shape index (κ1) is 29.9. The standard InChI is InChI=1S/2C18H14N4O2/c19-18(23)17-9-15(21-24-17)13-7-5-12(6-8-13)11-22-16-4-2-1-3-14(16)10-20-22;19-18(23)17-9-16(21-24-17)13-7-5-12(6-8-13)10-22-11-14-3-1-2-4-15(14)20-22/h1-10H,11H2,(H2,19,23);1-9,11H,10H2,(H2,19,23). The lowest BCUT2D eigenvalue weighted by molar-refractivity contribution is 0.0957. The number of carbonyl (C=O) groups excluding carboxylic acids is 2. The molecular weight excluding hydrogens is 608 g/mol. The van der Waals surface area contributed by atoms with Crippen molar-refractivity contribution in [2.24, 2.45) is 11.5 Å². The van der Waals surface area contributed by atoms with Crippen molar-refractivity contribution in [2.75, 3.05) is 0 Å². The molecule has 0 spiro atoms. The van der Waals surface area contributed by atoms with Gasteiger partial charge in [0.05, 0.1) is 30.3 Å². The van der Waals surface area contributed by atoms with E-state index in [-0.39, 0.29) is 11.5 Å². The number of nitrogens with two attached hydrogens (primary N) is 2. The maximum absolute atomic E-state index is 11.1. The summed E-state index contributed by atoms with van der Waals surface area (Å²) in [5.74, 6) is -1.15. The highest BCUT2D eigenvalue weighted by atomic mass is 16.5. The van der Waals surface area contributed by atoms with E-state index in [1.165, 1.54) is 6.07 Å². The van der Waals surface area contributed by atoms with E-state index in [1.54, 1.807) is 6.07 Å². The largest absolute Gasteiger partial charge is 0.363 e. The van der Waals surface area contributed by atoms with Crippen molar-refractivity contribution < 1.29 is 18.6 Å². The summed E-state index contributed by atoms with van der Waals surface area (Å²) in [7, 11) is 0.